The highest BCUT2D eigenvalue weighted by Crippen LogP contribution is 2.62. The average molecular weight is 946 g/mol. The Bertz CT molecular complexity index is 3670. The molecule has 2 heterocycles. The molecule has 0 N–H and O–H groups in total. The van der Waals surface area contributed by atoms with Gasteiger partial charge in [0.25, 0.3) is 0 Å². The van der Waals surface area contributed by atoms with Crippen molar-refractivity contribution in [1.29, 1.82) is 0 Å². The van der Waals surface area contributed by atoms with Crippen LogP contribution in [0.2, 0.25) is 0 Å². The maximum absolute atomic E-state index is 5.48. The summed E-state index contributed by atoms with van der Waals surface area (Å²) in [5.41, 5.74) is 28.3. The van der Waals surface area contributed by atoms with Crippen LogP contribution in [0.5, 0.6) is 0 Å². The predicted molar refractivity (Wildman–Crippen MR) is 301 cm³/mol. The lowest BCUT2D eigenvalue weighted by Crippen LogP contribution is -2.45. The van der Waals surface area contributed by atoms with E-state index in [4.69, 9.17) is 4.98 Å². The van der Waals surface area contributed by atoms with Crippen LogP contribution in [0.15, 0.2) is 188 Å². The summed E-state index contributed by atoms with van der Waals surface area (Å²) in [5, 5.41) is 0. The number of aryl methyl sites for hydroxylation is 6. The van der Waals surface area contributed by atoms with Crippen LogP contribution in [0.1, 0.15) is 121 Å². The van der Waals surface area contributed by atoms with Crippen molar-refractivity contribution in [3.63, 3.8) is 0 Å². The Hall–Kier alpha value is -7.75. The van der Waals surface area contributed by atoms with Gasteiger partial charge in [0.05, 0.1) is 23.2 Å². The number of rotatable bonds is 6. The zero-order valence-electron chi connectivity index (χ0n) is 43.9. The highest BCUT2D eigenvalue weighted by atomic mass is 15.4. The monoisotopic (exact) mass is 946 g/mol. The molecular weight excluding hydrogens is 883 g/mol. The smallest absolute Gasteiger partial charge is 0.118 e. The SMILES string of the molecule is Cc1ccc2c(c1)C(c1cccc(C3(c4cc(C(C)(C)C)ccn4)c4cc(C)ccc4-c4ccc(C)cc43)c1)(c1cccc(C3(N4C=CN(C)C4)c4cc(C)ccc4-c4ccc(C)cc43)c1)c1cc(C)ccc1-2. The van der Waals surface area contributed by atoms with E-state index in [1.807, 2.05) is 0 Å². The van der Waals surface area contributed by atoms with E-state index in [1.165, 1.54) is 128 Å². The number of benzene rings is 8. The maximum atomic E-state index is 5.48. The molecule has 358 valence electrons. The molecule has 8 aromatic carbocycles. The van der Waals surface area contributed by atoms with Crippen LogP contribution < -0.4 is 0 Å². The van der Waals surface area contributed by atoms with Gasteiger partial charge >= 0.3 is 0 Å². The van der Waals surface area contributed by atoms with Crippen molar-refractivity contribution in [3.8, 4) is 33.4 Å². The van der Waals surface area contributed by atoms with Crippen LogP contribution in [-0.4, -0.2) is 28.5 Å². The summed E-state index contributed by atoms with van der Waals surface area (Å²) in [6, 6.07) is 66.9. The van der Waals surface area contributed by atoms with E-state index in [1.54, 1.807) is 0 Å². The molecule has 1 aliphatic heterocycles. The molecule has 0 radical (unpaired) electrons. The molecule has 0 spiro atoms. The maximum Gasteiger partial charge on any atom is 0.118 e. The second kappa shape index (κ2) is 15.9. The Balaban J connectivity index is 1.16. The molecule has 3 nitrogen and oxygen atoms in total. The summed E-state index contributed by atoms with van der Waals surface area (Å²) in [6.45, 7) is 21.2. The van der Waals surface area contributed by atoms with Gasteiger partial charge in [-0.25, -0.2) is 0 Å². The van der Waals surface area contributed by atoms with Crippen LogP contribution in [0, 0.1) is 41.5 Å². The third-order valence-corrected chi connectivity index (χ3v) is 17.1. The summed E-state index contributed by atoms with van der Waals surface area (Å²) < 4.78 is 0. The minimum absolute atomic E-state index is 0.0817. The Morgan fingerprint density at radius 3 is 1.18 bits per heavy atom. The Labute approximate surface area is 432 Å². The highest BCUT2D eigenvalue weighted by molar-refractivity contribution is 5.90. The lowest BCUT2D eigenvalue weighted by molar-refractivity contribution is 0.198. The molecule has 0 saturated carbocycles. The van der Waals surface area contributed by atoms with Crippen LogP contribution >= 0.6 is 0 Å². The molecule has 3 aliphatic carbocycles. The molecule has 9 aromatic rings. The zero-order chi connectivity index (χ0) is 50.3. The van der Waals surface area contributed by atoms with Crippen molar-refractivity contribution < 1.29 is 0 Å². The van der Waals surface area contributed by atoms with Gasteiger partial charge in [-0.3, -0.25) is 4.98 Å². The second-order valence-corrected chi connectivity index (χ2v) is 23.0. The number of hydrogen-bond donors (Lipinski definition) is 0. The van der Waals surface area contributed by atoms with E-state index in [0.717, 1.165) is 12.4 Å². The number of pyridine rings is 1. The lowest BCUT2D eigenvalue weighted by Gasteiger charge is -2.43. The Morgan fingerprint density at radius 2 is 0.767 bits per heavy atom. The van der Waals surface area contributed by atoms with Gasteiger partial charge in [0, 0.05) is 25.6 Å². The third-order valence-electron chi connectivity index (χ3n) is 17.1. The topological polar surface area (TPSA) is 19.4 Å². The minimum Gasteiger partial charge on any atom is -0.362 e. The van der Waals surface area contributed by atoms with Crippen molar-refractivity contribution >= 4 is 0 Å². The first-order chi connectivity index (χ1) is 35.1. The van der Waals surface area contributed by atoms with Gasteiger partial charge in [0.1, 0.15) is 5.54 Å². The average Bonchev–Trinajstić information content (AvgIpc) is 4.09. The van der Waals surface area contributed by atoms with Crippen LogP contribution in [-0.2, 0) is 21.8 Å². The van der Waals surface area contributed by atoms with Crippen molar-refractivity contribution in [2.24, 2.45) is 0 Å². The van der Waals surface area contributed by atoms with Crippen molar-refractivity contribution in [1.82, 2.24) is 14.8 Å². The van der Waals surface area contributed by atoms with Gasteiger partial charge < -0.3 is 9.80 Å². The van der Waals surface area contributed by atoms with Crippen LogP contribution in [0.25, 0.3) is 33.4 Å². The molecule has 73 heavy (non-hydrogen) atoms. The summed E-state index contributed by atoms with van der Waals surface area (Å²) >= 11 is 0. The standard InChI is InChI=1S/C70H63N3/c1-43-17-23-54-55-24-18-44(2)34-61(55)68(60(54)33-43,51-14-12-16-53(40-51)70(73-32-31-72(10)42-73)64-37-47(5)21-27-58(64)59-28-22-48(6)38-65(59)70)50-13-11-15-52(39-50)69(66-41-49(29-30-71-66)67(7,8)9)62-35-45(3)19-25-56(62)57-26-20-46(4)36-63(57)69/h11-41H,42H2,1-10H3. The Kier molecular flexibility index (Phi) is 9.81. The largest absolute Gasteiger partial charge is 0.362 e. The van der Waals surface area contributed by atoms with E-state index < -0.39 is 16.4 Å². The zero-order valence-corrected chi connectivity index (χ0v) is 43.9. The number of fused-ring (bicyclic) bond motifs is 9. The van der Waals surface area contributed by atoms with E-state index in [0.29, 0.717) is 0 Å². The molecule has 0 amide bonds. The first kappa shape index (κ1) is 45.1. The van der Waals surface area contributed by atoms with Crippen LogP contribution in [0.4, 0.5) is 0 Å². The third kappa shape index (κ3) is 6.27. The molecule has 4 aliphatic rings. The normalized spacial score (nSPS) is 16.0. The second-order valence-electron chi connectivity index (χ2n) is 23.0. The number of nitrogens with zero attached hydrogens (tertiary/aromatic N) is 3. The molecule has 0 bridgehead atoms. The van der Waals surface area contributed by atoms with E-state index in [2.05, 4.69) is 268 Å². The molecule has 0 unspecified atom stereocenters. The molecule has 1 aromatic heterocycles. The van der Waals surface area contributed by atoms with E-state index in [9.17, 15) is 0 Å². The summed E-state index contributed by atoms with van der Waals surface area (Å²) in [4.78, 5) is 10.4. The summed E-state index contributed by atoms with van der Waals surface area (Å²) in [6.07, 6.45) is 6.62. The van der Waals surface area contributed by atoms with Gasteiger partial charge in [0.2, 0.25) is 0 Å². The highest BCUT2D eigenvalue weighted by Gasteiger charge is 2.53. The lowest BCUT2D eigenvalue weighted by atomic mass is 9.63. The molecule has 0 atom stereocenters. The summed E-state index contributed by atoms with van der Waals surface area (Å²) in [5.74, 6) is 0. The van der Waals surface area contributed by atoms with Gasteiger partial charge in [-0.15, -0.1) is 0 Å². The molecule has 13 rings (SSSR count). The molecule has 0 saturated heterocycles. The molecular formula is C70H63N3. The first-order valence-corrected chi connectivity index (χ1v) is 26.2. The molecule has 0 fully saturated rings. The Morgan fingerprint density at radius 1 is 0.397 bits per heavy atom. The van der Waals surface area contributed by atoms with E-state index in [-0.39, 0.29) is 5.41 Å². The molecule has 3 heteroatoms. The van der Waals surface area contributed by atoms with Gasteiger partial charge in [-0.2, -0.15) is 0 Å². The quantitative estimate of drug-likeness (QED) is 0.166. The number of hydrogen-bond acceptors (Lipinski definition) is 3. The van der Waals surface area contributed by atoms with Gasteiger partial charge in [0.15, 0.2) is 0 Å². The van der Waals surface area contributed by atoms with E-state index >= 15 is 0 Å². The van der Waals surface area contributed by atoms with Crippen molar-refractivity contribution in [2.75, 3.05) is 13.7 Å². The summed E-state index contributed by atoms with van der Waals surface area (Å²) in [7, 11) is 2.19. The van der Waals surface area contributed by atoms with Crippen LogP contribution in [0.3, 0.4) is 0 Å². The fraction of sp³-hybridized carbons (Fsp3) is 0.214. The number of aromatic nitrogens is 1. The van der Waals surface area contributed by atoms with Crippen molar-refractivity contribution in [2.45, 2.75) is 84.1 Å². The fourth-order valence-electron chi connectivity index (χ4n) is 13.8. The minimum atomic E-state index is -0.711. The first-order valence-electron chi connectivity index (χ1n) is 26.2. The fourth-order valence-corrected chi connectivity index (χ4v) is 13.8. The van der Waals surface area contributed by atoms with Gasteiger partial charge in [-0.05, 0) is 154 Å². The predicted octanol–water partition coefficient (Wildman–Crippen LogP) is 15.9. The van der Waals surface area contributed by atoms with Crippen molar-refractivity contribution in [3.05, 3.63) is 289 Å². The van der Waals surface area contributed by atoms with Gasteiger partial charge in [-0.1, -0.05) is 212 Å².